The van der Waals surface area contributed by atoms with E-state index in [2.05, 4.69) is 9.97 Å². The number of hydrogen-bond acceptors (Lipinski definition) is 5. The van der Waals surface area contributed by atoms with Gasteiger partial charge in [-0.25, -0.2) is 4.79 Å². The number of piperidine rings is 1. The van der Waals surface area contributed by atoms with Gasteiger partial charge in [0, 0.05) is 45.4 Å². The predicted molar refractivity (Wildman–Crippen MR) is 86.1 cm³/mol. The molecular formula is C16H18N4O4. The van der Waals surface area contributed by atoms with Gasteiger partial charge in [-0.1, -0.05) is 0 Å². The van der Waals surface area contributed by atoms with Crippen molar-refractivity contribution in [1.29, 1.82) is 0 Å². The number of H-pyrrole nitrogens is 1. The van der Waals surface area contributed by atoms with Gasteiger partial charge in [0.15, 0.2) is 0 Å². The molecule has 8 heteroatoms. The molecule has 1 saturated heterocycles. The lowest BCUT2D eigenvalue weighted by molar-refractivity contribution is 0.0592. The van der Waals surface area contributed by atoms with Crippen molar-refractivity contribution < 1.29 is 9.53 Å². The lowest BCUT2D eigenvalue weighted by Gasteiger charge is -2.32. The Morgan fingerprint density at radius 3 is 2.75 bits per heavy atom. The minimum absolute atomic E-state index is 0.0108. The highest BCUT2D eigenvalue weighted by molar-refractivity contribution is 5.93. The monoisotopic (exact) mass is 330 g/mol. The zero-order valence-corrected chi connectivity index (χ0v) is 13.3. The zero-order valence-electron chi connectivity index (χ0n) is 13.3. The molecule has 0 unspecified atom stereocenters. The average molecular weight is 330 g/mol. The van der Waals surface area contributed by atoms with E-state index >= 15 is 0 Å². The van der Waals surface area contributed by atoms with E-state index in [-0.39, 0.29) is 17.6 Å². The largest absolute Gasteiger partial charge is 0.489 e. The fourth-order valence-electron chi connectivity index (χ4n) is 2.67. The molecule has 1 N–H and O–H groups in total. The van der Waals surface area contributed by atoms with Crippen molar-refractivity contribution in [3.8, 4) is 5.75 Å². The molecule has 0 radical (unpaired) electrons. The number of aryl methyl sites for hydroxylation is 1. The fraction of sp³-hybridized carbons (Fsp3) is 0.375. The van der Waals surface area contributed by atoms with E-state index in [1.807, 2.05) is 6.07 Å². The SMILES string of the molecule is Cn1cc(C(=O)N2CCC(Oc3cccnc3)CC2)c(=O)[nH]c1=O. The lowest BCUT2D eigenvalue weighted by Crippen LogP contribution is -2.44. The minimum atomic E-state index is -0.656. The number of aromatic nitrogens is 3. The molecule has 126 valence electrons. The topological polar surface area (TPSA) is 97.3 Å². The van der Waals surface area contributed by atoms with Crippen LogP contribution < -0.4 is 16.0 Å². The van der Waals surface area contributed by atoms with E-state index < -0.39 is 11.2 Å². The van der Waals surface area contributed by atoms with Crippen molar-refractivity contribution in [2.24, 2.45) is 7.05 Å². The Hall–Kier alpha value is -2.90. The van der Waals surface area contributed by atoms with E-state index in [0.717, 1.165) is 0 Å². The third-order valence-electron chi connectivity index (χ3n) is 4.00. The maximum absolute atomic E-state index is 12.5. The molecule has 1 amide bonds. The van der Waals surface area contributed by atoms with Gasteiger partial charge in [0.25, 0.3) is 11.5 Å². The highest BCUT2D eigenvalue weighted by Crippen LogP contribution is 2.18. The van der Waals surface area contributed by atoms with E-state index in [1.54, 1.807) is 23.4 Å². The summed E-state index contributed by atoms with van der Waals surface area (Å²) in [5.74, 6) is 0.337. The Balaban J connectivity index is 1.64. The van der Waals surface area contributed by atoms with E-state index in [1.165, 1.54) is 17.8 Å². The summed E-state index contributed by atoms with van der Waals surface area (Å²) in [7, 11) is 1.49. The average Bonchev–Trinajstić information content (AvgIpc) is 2.59. The molecule has 0 atom stereocenters. The molecule has 1 aliphatic rings. The van der Waals surface area contributed by atoms with Gasteiger partial charge in [-0.15, -0.1) is 0 Å². The first-order chi connectivity index (χ1) is 11.5. The van der Waals surface area contributed by atoms with E-state index in [9.17, 15) is 14.4 Å². The molecule has 0 aliphatic carbocycles. The molecule has 3 rings (SSSR count). The minimum Gasteiger partial charge on any atom is -0.489 e. The van der Waals surface area contributed by atoms with Crippen LogP contribution in [0.2, 0.25) is 0 Å². The second-order valence-electron chi connectivity index (χ2n) is 5.71. The maximum Gasteiger partial charge on any atom is 0.328 e. The number of nitrogens with zero attached hydrogens (tertiary/aromatic N) is 3. The third-order valence-corrected chi connectivity index (χ3v) is 4.00. The fourth-order valence-corrected chi connectivity index (χ4v) is 2.67. The summed E-state index contributed by atoms with van der Waals surface area (Å²) in [6.07, 6.45) is 5.97. The highest BCUT2D eigenvalue weighted by atomic mass is 16.5. The molecule has 0 aromatic carbocycles. The van der Waals surface area contributed by atoms with E-state index in [0.29, 0.717) is 31.7 Å². The van der Waals surface area contributed by atoms with Gasteiger partial charge in [0.1, 0.15) is 17.4 Å². The number of aromatic amines is 1. The van der Waals surface area contributed by atoms with Crippen LogP contribution >= 0.6 is 0 Å². The van der Waals surface area contributed by atoms with Crippen LogP contribution in [0.5, 0.6) is 5.75 Å². The van der Waals surface area contributed by atoms with Crippen LogP contribution in [0.1, 0.15) is 23.2 Å². The normalized spacial score (nSPS) is 15.3. The van der Waals surface area contributed by atoms with Crippen molar-refractivity contribution in [1.82, 2.24) is 19.4 Å². The van der Waals surface area contributed by atoms with Gasteiger partial charge in [0.05, 0.1) is 6.20 Å². The van der Waals surface area contributed by atoms with Crippen molar-refractivity contribution in [2.45, 2.75) is 18.9 Å². The first kappa shape index (κ1) is 16.0. The number of rotatable bonds is 3. The zero-order chi connectivity index (χ0) is 17.1. The number of hydrogen-bond donors (Lipinski definition) is 1. The van der Waals surface area contributed by atoms with Crippen LogP contribution in [0.25, 0.3) is 0 Å². The standard InChI is InChI=1S/C16H18N4O4/c1-19-10-13(14(21)18-16(19)23)15(22)20-7-4-11(5-8-20)24-12-3-2-6-17-9-12/h2-3,6,9-11H,4-5,7-8H2,1H3,(H,18,21,23). The Labute approximate surface area is 137 Å². The van der Waals surface area contributed by atoms with Gasteiger partial charge < -0.3 is 14.2 Å². The van der Waals surface area contributed by atoms with Crippen LogP contribution in [0.3, 0.4) is 0 Å². The molecule has 24 heavy (non-hydrogen) atoms. The lowest BCUT2D eigenvalue weighted by atomic mass is 10.1. The molecular weight excluding hydrogens is 312 g/mol. The highest BCUT2D eigenvalue weighted by Gasteiger charge is 2.26. The van der Waals surface area contributed by atoms with Gasteiger partial charge in [-0.2, -0.15) is 0 Å². The van der Waals surface area contributed by atoms with Crippen molar-refractivity contribution in [3.05, 3.63) is 57.1 Å². The van der Waals surface area contributed by atoms with Gasteiger partial charge >= 0.3 is 5.69 Å². The molecule has 0 spiro atoms. The van der Waals surface area contributed by atoms with Crippen molar-refractivity contribution in [3.63, 3.8) is 0 Å². The molecule has 0 saturated carbocycles. The Morgan fingerprint density at radius 1 is 1.33 bits per heavy atom. The number of carbonyl (C=O) groups excluding carboxylic acids is 1. The maximum atomic E-state index is 12.5. The summed E-state index contributed by atoms with van der Waals surface area (Å²) in [4.78, 5) is 43.4. The first-order valence-electron chi connectivity index (χ1n) is 7.70. The molecule has 1 fully saturated rings. The quantitative estimate of drug-likeness (QED) is 0.864. The Bertz CT molecular complexity index is 835. The number of amides is 1. The third kappa shape index (κ3) is 3.37. The summed E-state index contributed by atoms with van der Waals surface area (Å²) < 4.78 is 7.02. The van der Waals surface area contributed by atoms with Crippen molar-refractivity contribution >= 4 is 5.91 Å². The van der Waals surface area contributed by atoms with Gasteiger partial charge in [-0.3, -0.25) is 19.6 Å². The molecule has 3 heterocycles. The number of ether oxygens (including phenoxy) is 1. The summed E-state index contributed by atoms with van der Waals surface area (Å²) in [5.41, 5.74) is -1.22. The Morgan fingerprint density at radius 2 is 2.08 bits per heavy atom. The van der Waals surface area contributed by atoms with Gasteiger partial charge in [0.2, 0.25) is 0 Å². The van der Waals surface area contributed by atoms with Crippen LogP contribution in [0.15, 0.2) is 40.3 Å². The van der Waals surface area contributed by atoms with Crippen LogP contribution in [0, 0.1) is 0 Å². The smallest absolute Gasteiger partial charge is 0.328 e. The number of nitrogens with one attached hydrogen (secondary N) is 1. The first-order valence-corrected chi connectivity index (χ1v) is 7.70. The summed E-state index contributed by atoms with van der Waals surface area (Å²) in [5, 5.41) is 0. The number of pyridine rings is 1. The second-order valence-corrected chi connectivity index (χ2v) is 5.71. The molecule has 2 aromatic heterocycles. The molecule has 1 aliphatic heterocycles. The van der Waals surface area contributed by atoms with Crippen LogP contribution in [-0.4, -0.2) is 44.5 Å². The molecule has 0 bridgehead atoms. The second kappa shape index (κ2) is 6.69. The number of carbonyl (C=O) groups is 1. The summed E-state index contributed by atoms with van der Waals surface area (Å²) >= 11 is 0. The van der Waals surface area contributed by atoms with E-state index in [4.69, 9.17) is 4.74 Å². The van der Waals surface area contributed by atoms with Gasteiger partial charge in [-0.05, 0) is 12.1 Å². The Kier molecular flexibility index (Phi) is 4.45. The predicted octanol–water partition coefficient (Wildman–Crippen LogP) is 0.152. The van der Waals surface area contributed by atoms with Crippen LogP contribution in [-0.2, 0) is 7.05 Å². The summed E-state index contributed by atoms with van der Waals surface area (Å²) in [6, 6.07) is 3.65. The number of likely N-dealkylation sites (tertiary alicyclic amines) is 1. The van der Waals surface area contributed by atoms with Crippen molar-refractivity contribution in [2.75, 3.05) is 13.1 Å². The molecule has 2 aromatic rings. The summed E-state index contributed by atoms with van der Waals surface area (Å²) in [6.45, 7) is 0.984. The molecule has 8 nitrogen and oxygen atoms in total. The van der Waals surface area contributed by atoms with Crippen LogP contribution in [0.4, 0.5) is 0 Å².